The van der Waals surface area contributed by atoms with Gasteiger partial charge in [0.05, 0.1) is 11.7 Å². The highest BCUT2D eigenvalue weighted by Gasteiger charge is 2.12. The van der Waals surface area contributed by atoms with E-state index in [1.54, 1.807) is 12.1 Å². The van der Waals surface area contributed by atoms with Crippen LogP contribution in [0.4, 0.5) is 0 Å². The number of furan rings is 1. The van der Waals surface area contributed by atoms with E-state index >= 15 is 0 Å². The Morgan fingerprint density at radius 3 is 3.04 bits per heavy atom. The van der Waals surface area contributed by atoms with Crippen LogP contribution in [0, 0.1) is 0 Å². The van der Waals surface area contributed by atoms with E-state index in [2.05, 4.69) is 10.3 Å². The number of benzene rings is 1. The van der Waals surface area contributed by atoms with E-state index in [0.717, 1.165) is 10.2 Å². The lowest BCUT2D eigenvalue weighted by Gasteiger charge is -2.06. The van der Waals surface area contributed by atoms with E-state index in [-0.39, 0.29) is 17.2 Å². The van der Waals surface area contributed by atoms with Crippen molar-refractivity contribution in [2.45, 2.75) is 6.54 Å². The molecule has 0 aliphatic rings. The fourth-order valence-electron chi connectivity index (χ4n) is 2.52. The molecule has 0 bridgehead atoms. The molecule has 0 radical (unpaired) electrons. The van der Waals surface area contributed by atoms with Crippen LogP contribution in [0.15, 0.2) is 57.3 Å². The highest BCUT2D eigenvalue weighted by Crippen LogP contribution is 2.18. The van der Waals surface area contributed by atoms with Gasteiger partial charge in [0.25, 0.3) is 11.5 Å². The Morgan fingerprint density at radius 2 is 2.17 bits per heavy atom. The summed E-state index contributed by atoms with van der Waals surface area (Å²) in [4.78, 5) is 29.4. The molecule has 4 aromatic rings. The molecule has 0 spiro atoms. The van der Waals surface area contributed by atoms with Gasteiger partial charge in [-0.2, -0.15) is 0 Å². The van der Waals surface area contributed by atoms with Gasteiger partial charge in [-0.3, -0.25) is 14.2 Å². The first-order valence-electron chi connectivity index (χ1n) is 7.42. The van der Waals surface area contributed by atoms with Crippen molar-refractivity contribution in [2.24, 2.45) is 0 Å². The third kappa shape index (κ3) is 2.59. The summed E-state index contributed by atoms with van der Waals surface area (Å²) in [6.07, 6.45) is 1.51. The highest BCUT2D eigenvalue weighted by atomic mass is 32.1. The molecular formula is C17H13N3O3S. The Labute approximate surface area is 140 Å². The average Bonchev–Trinajstić information content (AvgIpc) is 3.23. The quantitative estimate of drug-likeness (QED) is 0.620. The predicted molar refractivity (Wildman–Crippen MR) is 92.4 cm³/mol. The number of amides is 1. The van der Waals surface area contributed by atoms with Crippen molar-refractivity contribution in [2.75, 3.05) is 6.54 Å². The number of carbonyl (C=O) groups is 1. The van der Waals surface area contributed by atoms with Crippen molar-refractivity contribution in [1.29, 1.82) is 0 Å². The maximum Gasteiger partial charge on any atom is 0.287 e. The number of para-hydroxylation sites is 1. The minimum absolute atomic E-state index is 0.0979. The normalized spacial score (nSPS) is 11.2. The zero-order chi connectivity index (χ0) is 16.5. The van der Waals surface area contributed by atoms with Crippen LogP contribution in [0.25, 0.3) is 21.2 Å². The predicted octanol–water partition coefficient (Wildman–Crippen LogP) is 2.63. The molecule has 24 heavy (non-hydrogen) atoms. The standard InChI is InChI=1S/C17H13N3O3S/c21-15(14-9-11-3-1-2-4-13(11)23-14)18-6-7-20-10-19-16-12(17(20)22)5-8-24-16/h1-5,8-10H,6-7H2,(H,18,21). The van der Waals surface area contributed by atoms with Gasteiger partial charge in [0.1, 0.15) is 10.4 Å². The first-order chi connectivity index (χ1) is 11.7. The summed E-state index contributed by atoms with van der Waals surface area (Å²) in [5.74, 6) is -0.0428. The molecule has 3 aromatic heterocycles. The third-order valence-corrected chi connectivity index (χ3v) is 4.56. The second-order valence-electron chi connectivity index (χ2n) is 5.29. The monoisotopic (exact) mass is 339 g/mol. The Morgan fingerprint density at radius 1 is 1.29 bits per heavy atom. The molecular weight excluding hydrogens is 326 g/mol. The number of nitrogens with one attached hydrogen (secondary N) is 1. The van der Waals surface area contributed by atoms with Crippen LogP contribution in [0.1, 0.15) is 10.6 Å². The second-order valence-corrected chi connectivity index (χ2v) is 6.18. The summed E-state index contributed by atoms with van der Waals surface area (Å²) in [6, 6.07) is 10.9. The topological polar surface area (TPSA) is 77.1 Å². The molecule has 3 heterocycles. The third-order valence-electron chi connectivity index (χ3n) is 3.74. The highest BCUT2D eigenvalue weighted by molar-refractivity contribution is 7.16. The average molecular weight is 339 g/mol. The lowest BCUT2D eigenvalue weighted by Crippen LogP contribution is -2.30. The molecule has 1 aromatic carbocycles. The van der Waals surface area contributed by atoms with E-state index in [9.17, 15) is 9.59 Å². The number of carbonyl (C=O) groups excluding carboxylic acids is 1. The van der Waals surface area contributed by atoms with Crippen molar-refractivity contribution < 1.29 is 9.21 Å². The Hall–Kier alpha value is -2.93. The number of hydrogen-bond donors (Lipinski definition) is 1. The van der Waals surface area contributed by atoms with Crippen molar-refractivity contribution in [3.8, 4) is 0 Å². The van der Waals surface area contributed by atoms with Gasteiger partial charge in [-0.1, -0.05) is 18.2 Å². The number of hydrogen-bond acceptors (Lipinski definition) is 5. The smallest absolute Gasteiger partial charge is 0.287 e. The van der Waals surface area contributed by atoms with Gasteiger partial charge in [0.15, 0.2) is 5.76 Å². The fourth-order valence-corrected chi connectivity index (χ4v) is 3.25. The molecule has 0 unspecified atom stereocenters. The number of fused-ring (bicyclic) bond motifs is 2. The molecule has 0 saturated carbocycles. The zero-order valence-electron chi connectivity index (χ0n) is 12.6. The van der Waals surface area contributed by atoms with E-state index in [0.29, 0.717) is 24.1 Å². The van der Waals surface area contributed by atoms with Gasteiger partial charge in [0.2, 0.25) is 0 Å². The summed E-state index contributed by atoms with van der Waals surface area (Å²) >= 11 is 1.43. The number of nitrogens with zero attached hydrogens (tertiary/aromatic N) is 2. The first kappa shape index (κ1) is 14.6. The van der Waals surface area contributed by atoms with E-state index < -0.39 is 0 Å². The molecule has 7 heteroatoms. The minimum atomic E-state index is -0.302. The van der Waals surface area contributed by atoms with Crippen molar-refractivity contribution in [1.82, 2.24) is 14.9 Å². The number of thiophene rings is 1. The zero-order valence-corrected chi connectivity index (χ0v) is 13.4. The van der Waals surface area contributed by atoms with Crippen LogP contribution >= 0.6 is 11.3 Å². The summed E-state index contributed by atoms with van der Waals surface area (Å²) < 4.78 is 7.01. The van der Waals surface area contributed by atoms with Crippen LogP contribution in [0.3, 0.4) is 0 Å². The van der Waals surface area contributed by atoms with E-state index in [1.807, 2.05) is 29.6 Å². The van der Waals surface area contributed by atoms with Crippen molar-refractivity contribution in [3.05, 3.63) is 64.2 Å². The Kier molecular flexibility index (Phi) is 3.62. The lowest BCUT2D eigenvalue weighted by molar-refractivity contribution is 0.0926. The Bertz CT molecular complexity index is 1060. The fraction of sp³-hybridized carbons (Fsp3) is 0.118. The minimum Gasteiger partial charge on any atom is -0.451 e. The lowest BCUT2D eigenvalue weighted by atomic mass is 10.2. The summed E-state index contributed by atoms with van der Waals surface area (Å²) in [6.45, 7) is 0.663. The van der Waals surface area contributed by atoms with E-state index in [1.165, 1.54) is 22.2 Å². The van der Waals surface area contributed by atoms with Gasteiger partial charge in [-0.25, -0.2) is 4.98 Å². The second kappa shape index (κ2) is 5.93. The van der Waals surface area contributed by atoms with Crippen LogP contribution in [0.5, 0.6) is 0 Å². The molecule has 0 aliphatic carbocycles. The molecule has 1 amide bonds. The van der Waals surface area contributed by atoms with Gasteiger partial charge < -0.3 is 9.73 Å². The maximum absolute atomic E-state index is 12.3. The number of rotatable bonds is 4. The number of aromatic nitrogens is 2. The SMILES string of the molecule is O=C(NCCn1cnc2sccc2c1=O)c1cc2ccccc2o1. The molecule has 120 valence electrons. The van der Waals surface area contributed by atoms with Crippen LogP contribution in [-0.2, 0) is 6.54 Å². The Balaban J connectivity index is 1.45. The van der Waals surface area contributed by atoms with Crippen molar-refractivity contribution >= 4 is 38.4 Å². The summed E-state index contributed by atoms with van der Waals surface area (Å²) in [5, 5.41) is 6.08. The first-order valence-corrected chi connectivity index (χ1v) is 8.30. The van der Waals surface area contributed by atoms with Crippen molar-refractivity contribution in [3.63, 3.8) is 0 Å². The molecule has 0 aliphatic heterocycles. The van der Waals surface area contributed by atoms with E-state index in [4.69, 9.17) is 4.42 Å². The molecule has 0 saturated heterocycles. The van der Waals surface area contributed by atoms with Crippen LogP contribution in [0.2, 0.25) is 0 Å². The molecule has 4 rings (SSSR count). The largest absolute Gasteiger partial charge is 0.451 e. The van der Waals surface area contributed by atoms with Gasteiger partial charge in [-0.15, -0.1) is 11.3 Å². The summed E-state index contributed by atoms with van der Waals surface area (Å²) in [7, 11) is 0. The molecule has 0 atom stereocenters. The molecule has 1 N–H and O–H groups in total. The van der Waals surface area contributed by atoms with Gasteiger partial charge in [-0.05, 0) is 23.6 Å². The van der Waals surface area contributed by atoms with Gasteiger partial charge >= 0.3 is 0 Å². The summed E-state index contributed by atoms with van der Waals surface area (Å²) in [5.41, 5.74) is 0.574. The molecule has 0 fully saturated rings. The van der Waals surface area contributed by atoms with Crippen LogP contribution < -0.4 is 10.9 Å². The maximum atomic E-state index is 12.3. The molecule has 6 nitrogen and oxygen atoms in total. The van der Waals surface area contributed by atoms with Crippen LogP contribution in [-0.4, -0.2) is 22.0 Å². The van der Waals surface area contributed by atoms with Gasteiger partial charge in [0, 0.05) is 18.5 Å².